The number of hydrogen-bond donors (Lipinski definition) is 0. The minimum atomic E-state index is -0.510. The molecular formula is C39H40Cl2N2O6. The molecule has 0 aliphatic carbocycles. The first-order valence-corrected chi connectivity index (χ1v) is 17.3. The molecule has 4 aliphatic heterocycles. The summed E-state index contributed by atoms with van der Waals surface area (Å²) >= 11 is 14.1. The van der Waals surface area contributed by atoms with E-state index in [9.17, 15) is 4.79 Å². The van der Waals surface area contributed by atoms with Gasteiger partial charge in [0, 0.05) is 48.7 Å². The number of esters is 1. The van der Waals surface area contributed by atoms with Crippen LogP contribution in [0.5, 0.6) is 40.2 Å². The molecule has 0 aromatic heterocycles. The average Bonchev–Trinajstić information content (AvgIpc) is 3.07. The number of carbonyl (C=O) groups is 1. The van der Waals surface area contributed by atoms with Gasteiger partial charge in [0.25, 0.3) is 0 Å². The van der Waals surface area contributed by atoms with Crippen LogP contribution in [0.1, 0.15) is 58.0 Å². The molecule has 0 spiro atoms. The van der Waals surface area contributed by atoms with Crippen molar-refractivity contribution in [3.63, 3.8) is 0 Å². The Morgan fingerprint density at radius 1 is 0.837 bits per heavy atom. The zero-order valence-corrected chi connectivity index (χ0v) is 30.1. The Hall–Kier alpha value is -3.95. The van der Waals surface area contributed by atoms with Crippen molar-refractivity contribution in [3.05, 3.63) is 97.5 Å². The average molecular weight is 704 g/mol. The Labute approximate surface area is 297 Å². The molecule has 10 heteroatoms. The third-order valence-corrected chi connectivity index (χ3v) is 10.8. The Morgan fingerprint density at radius 3 is 2.29 bits per heavy atom. The van der Waals surface area contributed by atoms with E-state index in [2.05, 4.69) is 55.1 Å². The lowest BCUT2D eigenvalue weighted by Gasteiger charge is -2.38. The molecule has 0 saturated carbocycles. The predicted octanol–water partition coefficient (Wildman–Crippen LogP) is 8.69. The third-order valence-electron chi connectivity index (χ3n) is 10.1. The first kappa shape index (κ1) is 33.5. The van der Waals surface area contributed by atoms with Gasteiger partial charge in [-0.2, -0.15) is 0 Å². The van der Waals surface area contributed by atoms with Crippen LogP contribution in [0.3, 0.4) is 0 Å². The molecule has 49 heavy (non-hydrogen) atoms. The van der Waals surface area contributed by atoms with E-state index in [-0.39, 0.29) is 23.6 Å². The van der Waals surface area contributed by atoms with Crippen molar-refractivity contribution < 1.29 is 28.5 Å². The van der Waals surface area contributed by atoms with Crippen LogP contribution in [0.4, 0.5) is 0 Å². The lowest BCUT2D eigenvalue weighted by molar-refractivity contribution is -0.132. The first-order valence-electron chi connectivity index (χ1n) is 16.5. The number of carbonyl (C=O) groups excluding carboxylic acids is 1. The quantitative estimate of drug-likeness (QED) is 0.155. The maximum atomic E-state index is 12.6. The minimum Gasteiger partial charge on any atom is -0.493 e. The summed E-state index contributed by atoms with van der Waals surface area (Å²) in [6.45, 7) is 5.09. The molecule has 0 N–H and O–H groups in total. The van der Waals surface area contributed by atoms with Gasteiger partial charge in [-0.05, 0) is 104 Å². The molecule has 6 bridgehead atoms. The molecule has 0 radical (unpaired) electrons. The fourth-order valence-corrected chi connectivity index (χ4v) is 8.04. The number of methoxy groups -OCH3 is 2. The topological polar surface area (TPSA) is 69.7 Å². The van der Waals surface area contributed by atoms with Crippen molar-refractivity contribution in [3.8, 4) is 40.2 Å². The van der Waals surface area contributed by atoms with E-state index >= 15 is 0 Å². The Bertz CT molecular complexity index is 1950. The van der Waals surface area contributed by atoms with E-state index in [4.69, 9.17) is 46.9 Å². The van der Waals surface area contributed by atoms with E-state index in [1.807, 2.05) is 18.2 Å². The normalized spacial score (nSPS) is 18.8. The van der Waals surface area contributed by atoms with Crippen molar-refractivity contribution in [2.24, 2.45) is 0 Å². The Balaban J connectivity index is 1.51. The fraction of sp³-hybridized carbons (Fsp3) is 0.359. The maximum absolute atomic E-state index is 12.6. The summed E-state index contributed by atoms with van der Waals surface area (Å²) < 4.78 is 30.9. The highest BCUT2D eigenvalue weighted by Gasteiger charge is 2.37. The summed E-state index contributed by atoms with van der Waals surface area (Å²) in [6, 6.07) is 16.2. The smallest absolute Gasteiger partial charge is 0.308 e. The molecule has 0 saturated heterocycles. The van der Waals surface area contributed by atoms with Gasteiger partial charge < -0.3 is 23.7 Å². The van der Waals surface area contributed by atoms with Crippen molar-refractivity contribution >= 4 is 29.2 Å². The molecule has 0 fully saturated rings. The van der Waals surface area contributed by atoms with Crippen LogP contribution in [0, 0.1) is 6.92 Å². The lowest BCUT2D eigenvalue weighted by Crippen LogP contribution is -2.34. The van der Waals surface area contributed by atoms with Crippen LogP contribution < -0.4 is 23.7 Å². The molecule has 256 valence electrons. The number of benzene rings is 4. The molecule has 4 aliphatic rings. The predicted molar refractivity (Wildman–Crippen MR) is 191 cm³/mol. The van der Waals surface area contributed by atoms with Crippen molar-refractivity contribution in [2.45, 2.75) is 51.6 Å². The van der Waals surface area contributed by atoms with Crippen LogP contribution in [0.15, 0.2) is 48.5 Å². The first-order chi connectivity index (χ1) is 23.6. The number of fused-ring (bicyclic) bond motifs is 2. The molecule has 4 aromatic carbocycles. The van der Waals surface area contributed by atoms with E-state index in [1.54, 1.807) is 13.2 Å². The van der Waals surface area contributed by atoms with Gasteiger partial charge in [0.15, 0.2) is 23.0 Å². The van der Waals surface area contributed by atoms with Crippen LogP contribution in [-0.4, -0.2) is 57.2 Å². The van der Waals surface area contributed by atoms with Crippen LogP contribution in [0.2, 0.25) is 10.0 Å². The molecule has 4 heterocycles. The molecule has 0 unspecified atom stereocenters. The van der Waals surface area contributed by atoms with Gasteiger partial charge in [0.1, 0.15) is 11.5 Å². The number of likely N-dealkylation sites (N-methyl/N-ethyl adjacent to an activating group) is 2. The highest BCUT2D eigenvalue weighted by Crippen LogP contribution is 2.55. The van der Waals surface area contributed by atoms with E-state index in [0.29, 0.717) is 51.6 Å². The highest BCUT2D eigenvalue weighted by molar-refractivity contribution is 6.33. The maximum Gasteiger partial charge on any atom is 0.308 e. The number of halogens is 2. The number of rotatable bonds is 3. The second-order valence-electron chi connectivity index (χ2n) is 13.2. The number of aryl methyl sites for hydroxylation is 1. The van der Waals surface area contributed by atoms with Crippen LogP contribution in [-0.2, 0) is 30.5 Å². The van der Waals surface area contributed by atoms with Gasteiger partial charge in [-0.15, -0.1) is 0 Å². The number of hydrogen-bond acceptors (Lipinski definition) is 8. The SMILES string of the molecule is COc1cc(Cl)c2cc1Oc1ccc(cc1)C[C@H]1c3cc(c(C)cc3CCN1C)Oc1c(OC(C)=O)c(OC)c(Cl)c3c1[C@H](C2)N(C)CC3. The zero-order valence-electron chi connectivity index (χ0n) is 28.6. The molecule has 8 nitrogen and oxygen atoms in total. The van der Waals surface area contributed by atoms with Gasteiger partial charge in [-0.1, -0.05) is 41.4 Å². The molecule has 2 atom stereocenters. The number of ether oxygens (including phenoxy) is 5. The summed E-state index contributed by atoms with van der Waals surface area (Å²) in [7, 11) is 7.36. The van der Waals surface area contributed by atoms with Gasteiger partial charge in [0.05, 0.1) is 19.2 Å². The fourth-order valence-electron chi connectivity index (χ4n) is 7.45. The number of nitrogens with zero attached hydrogens (tertiary/aromatic N) is 2. The second-order valence-corrected chi connectivity index (χ2v) is 13.9. The summed E-state index contributed by atoms with van der Waals surface area (Å²) in [4.78, 5) is 17.3. The Morgan fingerprint density at radius 2 is 1.57 bits per heavy atom. The standard InChI is InChI=1S/C39H40Cl2N2O6/c1-21-15-24-11-13-42(3)30-16-23-7-9-26(10-8-23)48-34-18-25(29(40)20-33(34)45-5)17-31-35-27(12-14-43(31)4)36(41)38(46-6)39(47-22(2)44)37(35)49-32(21)19-28(24)30/h7-10,15,18-20,30-31H,11-14,16-17H2,1-6H3/t30-,31-/m0/s1. The zero-order chi connectivity index (χ0) is 34.6. The van der Waals surface area contributed by atoms with Gasteiger partial charge >= 0.3 is 5.97 Å². The van der Waals surface area contributed by atoms with Crippen molar-refractivity contribution in [2.75, 3.05) is 41.4 Å². The van der Waals surface area contributed by atoms with Gasteiger partial charge in [-0.25, -0.2) is 0 Å². The molecule has 0 amide bonds. The summed E-state index contributed by atoms with van der Waals surface area (Å²) in [6.07, 6.45) is 2.86. The lowest BCUT2D eigenvalue weighted by atomic mass is 9.86. The third kappa shape index (κ3) is 6.20. The molecular weight excluding hydrogens is 663 g/mol. The van der Waals surface area contributed by atoms with E-state index < -0.39 is 5.97 Å². The monoisotopic (exact) mass is 702 g/mol. The summed E-state index contributed by atoms with van der Waals surface area (Å²) in [5.74, 6) is 2.79. The van der Waals surface area contributed by atoms with Crippen LogP contribution in [0.25, 0.3) is 0 Å². The Kier molecular flexibility index (Phi) is 9.17. The van der Waals surface area contributed by atoms with Crippen molar-refractivity contribution in [1.29, 1.82) is 0 Å². The van der Waals surface area contributed by atoms with Crippen molar-refractivity contribution in [1.82, 2.24) is 9.80 Å². The molecule has 4 aromatic rings. The van der Waals surface area contributed by atoms with Gasteiger partial charge in [0.2, 0.25) is 5.75 Å². The van der Waals surface area contributed by atoms with E-state index in [1.165, 1.54) is 30.7 Å². The van der Waals surface area contributed by atoms with E-state index in [0.717, 1.165) is 48.2 Å². The summed E-state index contributed by atoms with van der Waals surface area (Å²) in [5, 5.41) is 0.940. The van der Waals surface area contributed by atoms with Crippen LogP contribution >= 0.6 is 23.2 Å². The van der Waals surface area contributed by atoms with Gasteiger partial charge in [-0.3, -0.25) is 14.6 Å². The molecule has 8 rings (SSSR count). The highest BCUT2D eigenvalue weighted by atomic mass is 35.5. The summed E-state index contributed by atoms with van der Waals surface area (Å²) in [5.41, 5.74) is 7.24. The second kappa shape index (κ2) is 13.4. The largest absolute Gasteiger partial charge is 0.493 e. The minimum absolute atomic E-state index is 0.122.